The third-order valence-corrected chi connectivity index (χ3v) is 4.76. The molecule has 2 amide bonds. The molecule has 2 aliphatic heterocycles. The van der Waals surface area contributed by atoms with Gasteiger partial charge in [-0.25, -0.2) is 0 Å². The monoisotopic (exact) mass is 294 g/mol. The number of hydrogen-bond acceptors (Lipinski definition) is 4. The van der Waals surface area contributed by atoms with E-state index in [1.165, 1.54) is 0 Å². The highest BCUT2D eigenvalue weighted by atomic mass is 32.1. The van der Waals surface area contributed by atoms with Gasteiger partial charge in [-0.3, -0.25) is 9.59 Å². The van der Waals surface area contributed by atoms with Gasteiger partial charge in [0.1, 0.15) is 0 Å². The average molecular weight is 294 g/mol. The van der Waals surface area contributed by atoms with Gasteiger partial charge < -0.3 is 15.0 Å². The van der Waals surface area contributed by atoms with Crippen LogP contribution in [0, 0.1) is 5.92 Å². The van der Waals surface area contributed by atoms with E-state index in [2.05, 4.69) is 5.32 Å². The second kappa shape index (κ2) is 5.93. The maximum Gasteiger partial charge on any atom is 0.227 e. The largest absolute Gasteiger partial charge is 0.374 e. The van der Waals surface area contributed by atoms with Crippen molar-refractivity contribution in [3.63, 3.8) is 0 Å². The first-order valence-corrected chi connectivity index (χ1v) is 7.81. The summed E-state index contributed by atoms with van der Waals surface area (Å²) in [6, 6.07) is 3.93. The molecule has 1 aromatic rings. The lowest BCUT2D eigenvalue weighted by molar-refractivity contribution is -0.141. The third-order valence-electron chi connectivity index (χ3n) is 3.89. The Kier molecular flexibility index (Phi) is 4.03. The van der Waals surface area contributed by atoms with E-state index in [9.17, 15) is 9.59 Å². The predicted molar refractivity (Wildman–Crippen MR) is 75.5 cm³/mol. The number of likely N-dealkylation sites (tertiary alicyclic amines) is 1. The van der Waals surface area contributed by atoms with Crippen LogP contribution in [0.15, 0.2) is 17.5 Å². The molecule has 0 saturated carbocycles. The standard InChI is InChI=1S/C14H18N2O3S/c17-13(8-10-2-1-7-20-10)16-5-3-11-12(9-16)19-6-4-15-14(11)18/h1-2,7,11-12H,3-6,8-9H2,(H,15,18)/t11-,12+/m1/s1. The zero-order valence-corrected chi connectivity index (χ0v) is 12.0. The normalized spacial score (nSPS) is 26.6. The second-order valence-corrected chi connectivity index (χ2v) is 6.22. The summed E-state index contributed by atoms with van der Waals surface area (Å²) in [6.45, 7) is 2.26. The highest BCUT2D eigenvalue weighted by molar-refractivity contribution is 7.10. The summed E-state index contributed by atoms with van der Waals surface area (Å²) in [5.41, 5.74) is 0. The molecule has 6 heteroatoms. The fourth-order valence-electron chi connectivity index (χ4n) is 2.80. The van der Waals surface area contributed by atoms with Crippen molar-refractivity contribution in [1.29, 1.82) is 0 Å². The average Bonchev–Trinajstić information content (AvgIpc) is 2.89. The van der Waals surface area contributed by atoms with Gasteiger partial charge in [0.25, 0.3) is 0 Å². The Balaban J connectivity index is 1.62. The molecule has 1 aromatic heterocycles. The lowest BCUT2D eigenvalue weighted by atomic mass is 9.93. The lowest BCUT2D eigenvalue weighted by Gasteiger charge is -2.36. The number of thiophene rings is 1. The summed E-state index contributed by atoms with van der Waals surface area (Å²) in [4.78, 5) is 27.1. The van der Waals surface area contributed by atoms with Gasteiger partial charge in [-0.1, -0.05) is 6.07 Å². The topological polar surface area (TPSA) is 58.6 Å². The van der Waals surface area contributed by atoms with Gasteiger partial charge in [0.15, 0.2) is 0 Å². The molecule has 2 fully saturated rings. The van der Waals surface area contributed by atoms with Crippen molar-refractivity contribution in [1.82, 2.24) is 10.2 Å². The number of ether oxygens (including phenoxy) is 1. The van der Waals surface area contributed by atoms with Crippen molar-refractivity contribution in [2.75, 3.05) is 26.2 Å². The molecule has 1 N–H and O–H groups in total. The molecule has 0 aliphatic carbocycles. The summed E-state index contributed by atoms with van der Waals surface area (Å²) < 4.78 is 5.72. The molecule has 20 heavy (non-hydrogen) atoms. The lowest BCUT2D eigenvalue weighted by Crippen LogP contribution is -2.50. The Morgan fingerprint density at radius 1 is 1.55 bits per heavy atom. The van der Waals surface area contributed by atoms with Gasteiger partial charge in [0.05, 0.1) is 25.0 Å². The molecule has 2 saturated heterocycles. The minimum atomic E-state index is -0.154. The molecule has 2 atom stereocenters. The number of carbonyl (C=O) groups is 2. The molecule has 108 valence electrons. The molecule has 0 radical (unpaired) electrons. The Morgan fingerprint density at radius 3 is 3.25 bits per heavy atom. The van der Waals surface area contributed by atoms with E-state index in [1.807, 2.05) is 22.4 Å². The molecular weight excluding hydrogens is 276 g/mol. The zero-order chi connectivity index (χ0) is 13.9. The molecule has 3 rings (SSSR count). The van der Waals surface area contributed by atoms with Crippen LogP contribution in [-0.2, 0) is 20.7 Å². The Morgan fingerprint density at radius 2 is 2.45 bits per heavy atom. The van der Waals surface area contributed by atoms with E-state index >= 15 is 0 Å². The third kappa shape index (κ3) is 2.86. The minimum absolute atomic E-state index is 0.0675. The Bertz CT molecular complexity index is 489. The summed E-state index contributed by atoms with van der Waals surface area (Å²) in [5, 5.41) is 4.84. The van der Waals surface area contributed by atoms with Crippen LogP contribution in [0.4, 0.5) is 0 Å². The number of fused-ring (bicyclic) bond motifs is 1. The van der Waals surface area contributed by atoms with Crippen molar-refractivity contribution < 1.29 is 14.3 Å². The van der Waals surface area contributed by atoms with Crippen molar-refractivity contribution >= 4 is 23.2 Å². The number of rotatable bonds is 2. The molecule has 5 nitrogen and oxygen atoms in total. The van der Waals surface area contributed by atoms with Crippen LogP contribution in [0.2, 0.25) is 0 Å². The fraction of sp³-hybridized carbons (Fsp3) is 0.571. The number of amides is 2. The minimum Gasteiger partial charge on any atom is -0.374 e. The molecule has 0 spiro atoms. The summed E-state index contributed by atoms with van der Waals surface area (Å²) in [5.74, 6) is 0.0836. The van der Waals surface area contributed by atoms with E-state index in [1.54, 1.807) is 11.3 Å². The van der Waals surface area contributed by atoms with Crippen LogP contribution >= 0.6 is 11.3 Å². The van der Waals surface area contributed by atoms with Crippen LogP contribution in [0.25, 0.3) is 0 Å². The first-order valence-electron chi connectivity index (χ1n) is 6.93. The highest BCUT2D eigenvalue weighted by Gasteiger charge is 2.37. The quantitative estimate of drug-likeness (QED) is 0.871. The second-order valence-electron chi connectivity index (χ2n) is 5.19. The van der Waals surface area contributed by atoms with Crippen LogP contribution < -0.4 is 5.32 Å². The molecule has 2 aliphatic rings. The van der Waals surface area contributed by atoms with Crippen molar-refractivity contribution in [2.24, 2.45) is 5.92 Å². The van der Waals surface area contributed by atoms with Gasteiger partial charge in [-0.05, 0) is 17.9 Å². The van der Waals surface area contributed by atoms with Crippen LogP contribution in [-0.4, -0.2) is 49.1 Å². The Labute approximate surface area is 121 Å². The fourth-order valence-corrected chi connectivity index (χ4v) is 3.50. The molecule has 0 bridgehead atoms. The van der Waals surface area contributed by atoms with E-state index < -0.39 is 0 Å². The number of hydrogen-bond donors (Lipinski definition) is 1. The van der Waals surface area contributed by atoms with Crippen LogP contribution in [0.3, 0.4) is 0 Å². The van der Waals surface area contributed by atoms with E-state index in [0.29, 0.717) is 39.1 Å². The van der Waals surface area contributed by atoms with Crippen LogP contribution in [0.1, 0.15) is 11.3 Å². The Hall–Kier alpha value is -1.40. The number of nitrogens with one attached hydrogen (secondary N) is 1. The van der Waals surface area contributed by atoms with Crippen LogP contribution in [0.5, 0.6) is 0 Å². The van der Waals surface area contributed by atoms with E-state index in [4.69, 9.17) is 4.74 Å². The highest BCUT2D eigenvalue weighted by Crippen LogP contribution is 2.23. The molecule has 0 unspecified atom stereocenters. The predicted octanol–water partition coefficient (Wildman–Crippen LogP) is 0.654. The summed E-state index contributed by atoms with van der Waals surface area (Å²) in [7, 11) is 0. The number of carbonyl (C=O) groups excluding carboxylic acids is 2. The maximum atomic E-state index is 12.3. The molecule has 3 heterocycles. The van der Waals surface area contributed by atoms with Gasteiger partial charge in [-0.2, -0.15) is 0 Å². The number of piperidine rings is 1. The first kappa shape index (κ1) is 13.6. The van der Waals surface area contributed by atoms with Crippen molar-refractivity contribution in [3.05, 3.63) is 22.4 Å². The molecule has 0 aromatic carbocycles. The van der Waals surface area contributed by atoms with Gasteiger partial charge in [-0.15, -0.1) is 11.3 Å². The van der Waals surface area contributed by atoms with Gasteiger partial charge >= 0.3 is 0 Å². The number of nitrogens with zero attached hydrogens (tertiary/aromatic N) is 1. The zero-order valence-electron chi connectivity index (χ0n) is 11.2. The SMILES string of the molecule is O=C1NCCO[C@H]2CN(C(=O)Cc3cccs3)CC[C@@H]12. The van der Waals surface area contributed by atoms with Gasteiger partial charge in [0.2, 0.25) is 11.8 Å². The van der Waals surface area contributed by atoms with E-state index in [0.717, 1.165) is 4.88 Å². The van der Waals surface area contributed by atoms with Gasteiger partial charge in [0, 0.05) is 24.5 Å². The van der Waals surface area contributed by atoms with Crippen molar-refractivity contribution in [3.8, 4) is 0 Å². The summed E-state index contributed by atoms with van der Waals surface area (Å²) >= 11 is 1.60. The van der Waals surface area contributed by atoms with E-state index in [-0.39, 0.29) is 23.8 Å². The van der Waals surface area contributed by atoms with Crippen molar-refractivity contribution in [2.45, 2.75) is 18.9 Å². The molecular formula is C14H18N2O3S. The summed E-state index contributed by atoms with van der Waals surface area (Å²) in [6.07, 6.45) is 0.979. The maximum absolute atomic E-state index is 12.3. The smallest absolute Gasteiger partial charge is 0.227 e. The first-order chi connectivity index (χ1) is 9.74.